The molecule has 0 amide bonds. The van der Waals surface area contributed by atoms with Crippen LogP contribution in [0.15, 0.2) is 16.6 Å². The highest BCUT2D eigenvalue weighted by atomic mass is 79.9. The van der Waals surface area contributed by atoms with Gasteiger partial charge in [0.1, 0.15) is 0 Å². The Balaban J connectivity index is 2.40. The zero-order valence-electron chi connectivity index (χ0n) is 10.6. The van der Waals surface area contributed by atoms with Crippen molar-refractivity contribution in [3.63, 3.8) is 0 Å². The second-order valence-corrected chi connectivity index (χ2v) is 7.74. The van der Waals surface area contributed by atoms with E-state index in [1.165, 1.54) is 12.1 Å². The summed E-state index contributed by atoms with van der Waals surface area (Å²) in [4.78, 5) is 12.6. The Hall–Kier alpha value is -1.15. The van der Waals surface area contributed by atoms with Crippen molar-refractivity contribution in [1.82, 2.24) is 0 Å². The number of aromatic carboxylic acids is 1. The Morgan fingerprint density at radius 1 is 1.50 bits per heavy atom. The van der Waals surface area contributed by atoms with Crippen LogP contribution in [-0.4, -0.2) is 43.6 Å². The first-order valence-electron chi connectivity index (χ1n) is 5.91. The number of hydrogen-bond acceptors (Lipinski definition) is 4. The third kappa shape index (κ3) is 2.80. The number of rotatable bonds is 2. The number of nitrogens with zero attached hydrogens (tertiary/aromatic N) is 1. The lowest BCUT2D eigenvalue weighted by molar-refractivity contribution is 0.0695. The minimum absolute atomic E-state index is 0.0327. The molecule has 1 saturated heterocycles. The first-order chi connectivity index (χ1) is 9.23. The van der Waals surface area contributed by atoms with E-state index in [4.69, 9.17) is 5.11 Å². The Morgan fingerprint density at radius 2 is 2.15 bits per heavy atom. The van der Waals surface area contributed by atoms with Crippen LogP contribution in [0.25, 0.3) is 0 Å². The highest BCUT2D eigenvalue weighted by Crippen LogP contribution is 2.31. The molecular formula is C12H13BrFNO4S. The van der Waals surface area contributed by atoms with Crippen molar-refractivity contribution < 1.29 is 22.7 Å². The van der Waals surface area contributed by atoms with E-state index in [0.29, 0.717) is 0 Å². The molecule has 0 aromatic heterocycles. The van der Waals surface area contributed by atoms with E-state index in [2.05, 4.69) is 15.9 Å². The summed E-state index contributed by atoms with van der Waals surface area (Å²) in [6, 6.07) is 2.32. The largest absolute Gasteiger partial charge is 0.478 e. The maximum atomic E-state index is 14.3. The van der Waals surface area contributed by atoms with Gasteiger partial charge in [0.05, 0.1) is 27.2 Å². The fourth-order valence-electron chi connectivity index (χ4n) is 2.28. The summed E-state index contributed by atoms with van der Waals surface area (Å²) < 4.78 is 37.2. The van der Waals surface area contributed by atoms with E-state index in [1.54, 1.807) is 11.8 Å². The number of carboxylic acids is 1. The number of benzene rings is 1. The van der Waals surface area contributed by atoms with Crippen molar-refractivity contribution >= 4 is 37.4 Å². The summed E-state index contributed by atoms with van der Waals surface area (Å²) in [6.07, 6.45) is 0. The van der Waals surface area contributed by atoms with Gasteiger partial charge in [-0.2, -0.15) is 0 Å². The molecule has 5 nitrogen and oxygen atoms in total. The van der Waals surface area contributed by atoms with Crippen molar-refractivity contribution in [3.05, 3.63) is 28.0 Å². The van der Waals surface area contributed by atoms with Crippen molar-refractivity contribution in [2.75, 3.05) is 23.0 Å². The highest BCUT2D eigenvalue weighted by Gasteiger charge is 2.30. The predicted octanol–water partition coefficient (Wildman–Crippen LogP) is 1.91. The summed E-state index contributed by atoms with van der Waals surface area (Å²) in [5.41, 5.74) is 0.0489. The van der Waals surface area contributed by atoms with Gasteiger partial charge in [-0.15, -0.1) is 0 Å². The Morgan fingerprint density at radius 3 is 2.70 bits per heavy atom. The third-order valence-electron chi connectivity index (χ3n) is 3.27. The number of anilines is 1. The van der Waals surface area contributed by atoms with Gasteiger partial charge in [-0.05, 0) is 35.0 Å². The van der Waals surface area contributed by atoms with Crippen LogP contribution in [-0.2, 0) is 9.84 Å². The van der Waals surface area contributed by atoms with Gasteiger partial charge in [-0.25, -0.2) is 17.6 Å². The molecule has 0 spiro atoms. The van der Waals surface area contributed by atoms with Crippen LogP contribution in [0.5, 0.6) is 0 Å². The Kier molecular flexibility index (Phi) is 4.06. The monoisotopic (exact) mass is 365 g/mol. The zero-order chi connectivity index (χ0) is 15.1. The van der Waals surface area contributed by atoms with E-state index in [9.17, 15) is 17.6 Å². The fourth-order valence-corrected chi connectivity index (χ4v) is 4.34. The molecular weight excluding hydrogens is 353 g/mol. The highest BCUT2D eigenvalue weighted by molar-refractivity contribution is 9.10. The minimum Gasteiger partial charge on any atom is -0.478 e. The van der Waals surface area contributed by atoms with Gasteiger partial charge in [-0.3, -0.25) is 0 Å². The molecule has 1 aliphatic rings. The smallest absolute Gasteiger partial charge is 0.336 e. The molecule has 0 aliphatic carbocycles. The van der Waals surface area contributed by atoms with Crippen LogP contribution in [0.2, 0.25) is 0 Å². The Bertz CT molecular complexity index is 662. The molecule has 20 heavy (non-hydrogen) atoms. The van der Waals surface area contributed by atoms with E-state index in [-0.39, 0.29) is 39.8 Å². The summed E-state index contributed by atoms with van der Waals surface area (Å²) >= 11 is 2.94. The van der Waals surface area contributed by atoms with Crippen LogP contribution in [0, 0.1) is 5.82 Å². The van der Waals surface area contributed by atoms with E-state index in [0.717, 1.165) is 0 Å². The second kappa shape index (κ2) is 5.33. The summed E-state index contributed by atoms with van der Waals surface area (Å²) in [7, 11) is -3.09. The maximum Gasteiger partial charge on any atom is 0.336 e. The van der Waals surface area contributed by atoms with Crippen LogP contribution in [0.4, 0.5) is 10.1 Å². The molecule has 1 aliphatic heterocycles. The first-order valence-corrected chi connectivity index (χ1v) is 8.53. The van der Waals surface area contributed by atoms with Crippen LogP contribution >= 0.6 is 15.9 Å². The maximum absolute atomic E-state index is 14.3. The van der Waals surface area contributed by atoms with Crippen molar-refractivity contribution in [2.45, 2.75) is 13.0 Å². The standard InChI is InChI=1S/C12H13BrFNO4S/c1-7-6-20(18,19)5-4-15(7)9-3-2-8(12(16)17)10(13)11(9)14/h2-3,7H,4-6H2,1H3,(H,16,17). The van der Waals surface area contributed by atoms with Gasteiger partial charge in [0.2, 0.25) is 0 Å². The van der Waals surface area contributed by atoms with Crippen molar-refractivity contribution in [1.29, 1.82) is 0 Å². The molecule has 1 heterocycles. The SMILES string of the molecule is CC1CS(=O)(=O)CCN1c1ccc(C(=O)O)c(Br)c1F. The normalized spacial score (nSPS) is 21.8. The van der Waals surface area contributed by atoms with Gasteiger partial charge in [0.15, 0.2) is 15.7 Å². The molecule has 1 aromatic rings. The van der Waals surface area contributed by atoms with Gasteiger partial charge >= 0.3 is 5.97 Å². The van der Waals surface area contributed by atoms with E-state index in [1.807, 2.05) is 0 Å². The summed E-state index contributed by atoms with van der Waals surface area (Å²) in [6.45, 7) is 1.90. The van der Waals surface area contributed by atoms with Crippen LogP contribution < -0.4 is 4.90 Å². The summed E-state index contributed by atoms with van der Waals surface area (Å²) in [5, 5.41) is 8.92. The van der Waals surface area contributed by atoms with Gasteiger partial charge in [0, 0.05) is 12.6 Å². The van der Waals surface area contributed by atoms with Crippen LogP contribution in [0.3, 0.4) is 0 Å². The lowest BCUT2D eigenvalue weighted by Crippen LogP contribution is -2.47. The fraction of sp³-hybridized carbons (Fsp3) is 0.417. The molecule has 0 saturated carbocycles. The quantitative estimate of drug-likeness (QED) is 0.866. The molecule has 2 rings (SSSR count). The summed E-state index contributed by atoms with van der Waals surface area (Å²) in [5.74, 6) is -1.98. The van der Waals surface area contributed by atoms with Gasteiger partial charge < -0.3 is 10.0 Å². The number of halogens is 2. The van der Waals surface area contributed by atoms with E-state index >= 15 is 0 Å². The average Bonchev–Trinajstić information content (AvgIpc) is 2.32. The van der Waals surface area contributed by atoms with Crippen molar-refractivity contribution in [2.24, 2.45) is 0 Å². The van der Waals surface area contributed by atoms with E-state index < -0.39 is 21.6 Å². The number of carbonyl (C=O) groups is 1. The molecule has 1 unspecified atom stereocenters. The Labute approximate surface area is 124 Å². The molecule has 1 atom stereocenters. The molecule has 1 N–H and O–H groups in total. The first kappa shape index (κ1) is 15.2. The number of sulfone groups is 1. The number of carboxylic acid groups (broad SMARTS) is 1. The molecule has 110 valence electrons. The molecule has 0 radical (unpaired) electrons. The van der Waals surface area contributed by atoms with Gasteiger partial charge in [0.25, 0.3) is 0 Å². The van der Waals surface area contributed by atoms with Crippen LogP contribution in [0.1, 0.15) is 17.3 Å². The molecule has 0 bridgehead atoms. The topological polar surface area (TPSA) is 74.7 Å². The second-order valence-electron chi connectivity index (χ2n) is 4.72. The lowest BCUT2D eigenvalue weighted by Gasteiger charge is -2.35. The lowest BCUT2D eigenvalue weighted by atomic mass is 10.1. The molecule has 8 heteroatoms. The zero-order valence-corrected chi connectivity index (χ0v) is 13.0. The average molecular weight is 366 g/mol. The predicted molar refractivity (Wildman–Crippen MR) is 76.5 cm³/mol. The molecule has 1 aromatic carbocycles. The van der Waals surface area contributed by atoms with Gasteiger partial charge in [-0.1, -0.05) is 0 Å². The van der Waals surface area contributed by atoms with Crippen molar-refractivity contribution in [3.8, 4) is 0 Å². The minimum atomic E-state index is -3.09. The molecule has 1 fully saturated rings. The number of hydrogen-bond donors (Lipinski definition) is 1. The third-order valence-corrected chi connectivity index (χ3v) is 5.84.